The molecule has 106 valence electrons. The first kappa shape index (κ1) is 14.8. The molecule has 2 rings (SSSR count). The lowest BCUT2D eigenvalue weighted by Crippen LogP contribution is -2.58. The molecule has 1 heterocycles. The van der Waals surface area contributed by atoms with Crippen molar-refractivity contribution in [2.45, 2.75) is 39.3 Å². The Balaban J connectivity index is 2.29. The van der Waals surface area contributed by atoms with Crippen LogP contribution in [0.4, 0.5) is 10.1 Å². The summed E-state index contributed by atoms with van der Waals surface area (Å²) in [4.78, 5) is 2.34. The van der Waals surface area contributed by atoms with E-state index >= 15 is 0 Å². The van der Waals surface area contributed by atoms with Crippen LogP contribution in [0, 0.1) is 11.7 Å². The van der Waals surface area contributed by atoms with Crippen LogP contribution in [0.1, 0.15) is 27.2 Å². The van der Waals surface area contributed by atoms with Crippen molar-refractivity contribution in [3.63, 3.8) is 0 Å². The van der Waals surface area contributed by atoms with Gasteiger partial charge in [0.2, 0.25) is 0 Å². The predicted molar refractivity (Wildman–Crippen MR) is 82.2 cm³/mol. The molecule has 0 saturated carbocycles. The molecular formula is C15H22BrFN2. The zero-order valence-corrected chi connectivity index (χ0v) is 13.4. The quantitative estimate of drug-likeness (QED) is 0.907. The molecule has 0 aromatic heterocycles. The molecule has 2 nitrogen and oxygen atoms in total. The van der Waals surface area contributed by atoms with Gasteiger partial charge >= 0.3 is 0 Å². The highest BCUT2D eigenvalue weighted by Crippen LogP contribution is 2.31. The highest BCUT2D eigenvalue weighted by atomic mass is 79.9. The lowest BCUT2D eigenvalue weighted by atomic mass is 9.98. The molecule has 1 saturated heterocycles. The Morgan fingerprint density at radius 3 is 2.84 bits per heavy atom. The van der Waals surface area contributed by atoms with Crippen LogP contribution < -0.4 is 10.2 Å². The molecular weight excluding hydrogens is 307 g/mol. The third kappa shape index (κ3) is 3.29. The average molecular weight is 329 g/mol. The van der Waals surface area contributed by atoms with Crippen LogP contribution >= 0.6 is 15.9 Å². The molecule has 19 heavy (non-hydrogen) atoms. The number of nitrogens with zero attached hydrogens (tertiary/aromatic N) is 1. The van der Waals surface area contributed by atoms with E-state index in [2.05, 4.69) is 46.9 Å². The Morgan fingerprint density at radius 2 is 2.21 bits per heavy atom. The van der Waals surface area contributed by atoms with Crippen molar-refractivity contribution in [1.82, 2.24) is 5.32 Å². The second-order valence-electron chi connectivity index (χ2n) is 5.57. The minimum absolute atomic E-state index is 0.173. The first-order valence-corrected chi connectivity index (χ1v) is 7.77. The summed E-state index contributed by atoms with van der Waals surface area (Å²) in [5.41, 5.74) is 0.971. The molecule has 0 radical (unpaired) electrons. The molecule has 0 aliphatic carbocycles. The average Bonchev–Trinajstić information content (AvgIpc) is 2.40. The first-order valence-electron chi connectivity index (χ1n) is 6.98. The third-order valence-electron chi connectivity index (χ3n) is 3.94. The van der Waals surface area contributed by atoms with Gasteiger partial charge in [-0.05, 0) is 46.5 Å². The van der Waals surface area contributed by atoms with Crippen LogP contribution in [0.2, 0.25) is 0 Å². The Labute approximate surface area is 123 Å². The summed E-state index contributed by atoms with van der Waals surface area (Å²) in [6.45, 7) is 8.52. The zero-order chi connectivity index (χ0) is 14.0. The van der Waals surface area contributed by atoms with E-state index in [0.29, 0.717) is 18.0 Å². The predicted octanol–water partition coefficient (Wildman–Crippen LogP) is 3.80. The maximum absolute atomic E-state index is 13.5. The van der Waals surface area contributed by atoms with E-state index in [-0.39, 0.29) is 5.82 Å². The van der Waals surface area contributed by atoms with Gasteiger partial charge in [0.15, 0.2) is 0 Å². The van der Waals surface area contributed by atoms with Crippen molar-refractivity contribution in [2.75, 3.05) is 18.0 Å². The summed E-state index contributed by atoms with van der Waals surface area (Å²) in [5.74, 6) is 0.403. The smallest absolute Gasteiger partial charge is 0.125 e. The minimum Gasteiger partial charge on any atom is -0.365 e. The van der Waals surface area contributed by atoms with Crippen LogP contribution in [-0.4, -0.2) is 25.2 Å². The molecule has 0 spiro atoms. The SMILES string of the molecule is CCC1CNC(C(C)C)CN1c1cc(F)ccc1Br. The van der Waals surface area contributed by atoms with Crippen LogP contribution in [0.15, 0.2) is 22.7 Å². The number of hydrogen-bond donors (Lipinski definition) is 1. The summed E-state index contributed by atoms with van der Waals surface area (Å²) in [7, 11) is 0. The summed E-state index contributed by atoms with van der Waals surface area (Å²) >= 11 is 3.55. The topological polar surface area (TPSA) is 15.3 Å². The number of nitrogens with one attached hydrogen (secondary N) is 1. The van der Waals surface area contributed by atoms with Crippen molar-refractivity contribution in [3.05, 3.63) is 28.5 Å². The lowest BCUT2D eigenvalue weighted by molar-refractivity contribution is 0.325. The van der Waals surface area contributed by atoms with E-state index in [1.807, 2.05) is 0 Å². The normalized spacial score (nSPS) is 24.0. The molecule has 1 N–H and O–H groups in total. The van der Waals surface area contributed by atoms with Gasteiger partial charge in [0, 0.05) is 29.6 Å². The van der Waals surface area contributed by atoms with E-state index in [1.54, 1.807) is 12.1 Å². The summed E-state index contributed by atoms with van der Waals surface area (Å²) < 4.78 is 14.5. The Morgan fingerprint density at radius 1 is 1.47 bits per heavy atom. The van der Waals surface area contributed by atoms with E-state index < -0.39 is 0 Å². The molecule has 4 heteroatoms. The lowest BCUT2D eigenvalue weighted by Gasteiger charge is -2.43. The first-order chi connectivity index (χ1) is 9.02. The standard InChI is InChI=1S/C15H22BrFN2/c1-4-12-8-18-14(10(2)3)9-19(12)15-7-11(17)5-6-13(15)16/h5-7,10,12,14,18H,4,8-9H2,1-3H3. The Kier molecular flexibility index (Phi) is 4.85. The molecule has 1 aromatic carbocycles. The van der Waals surface area contributed by atoms with Crippen molar-refractivity contribution >= 4 is 21.6 Å². The molecule has 0 bridgehead atoms. The number of piperazine rings is 1. The fraction of sp³-hybridized carbons (Fsp3) is 0.600. The second kappa shape index (κ2) is 6.23. The van der Waals surface area contributed by atoms with Gasteiger partial charge in [0.25, 0.3) is 0 Å². The van der Waals surface area contributed by atoms with Gasteiger partial charge in [-0.25, -0.2) is 4.39 Å². The van der Waals surface area contributed by atoms with Crippen molar-refractivity contribution in [2.24, 2.45) is 5.92 Å². The molecule has 1 aliphatic rings. The number of benzene rings is 1. The fourth-order valence-electron chi connectivity index (χ4n) is 2.64. The van der Waals surface area contributed by atoms with E-state index in [0.717, 1.165) is 29.7 Å². The molecule has 1 aromatic rings. The summed E-state index contributed by atoms with van der Waals surface area (Å²) in [6, 6.07) is 5.81. The molecule has 2 unspecified atom stereocenters. The second-order valence-corrected chi connectivity index (χ2v) is 6.42. The van der Waals surface area contributed by atoms with E-state index in [9.17, 15) is 4.39 Å². The number of rotatable bonds is 3. The van der Waals surface area contributed by atoms with Crippen molar-refractivity contribution in [1.29, 1.82) is 0 Å². The maximum atomic E-state index is 13.5. The molecule has 0 amide bonds. The monoisotopic (exact) mass is 328 g/mol. The third-order valence-corrected chi connectivity index (χ3v) is 4.61. The van der Waals surface area contributed by atoms with Crippen LogP contribution in [-0.2, 0) is 0 Å². The number of anilines is 1. The molecule has 1 aliphatic heterocycles. The highest BCUT2D eigenvalue weighted by molar-refractivity contribution is 9.10. The number of halogens is 2. The highest BCUT2D eigenvalue weighted by Gasteiger charge is 2.29. The van der Waals surface area contributed by atoms with Gasteiger partial charge < -0.3 is 10.2 Å². The summed E-state index contributed by atoms with van der Waals surface area (Å²) in [5, 5.41) is 3.60. The zero-order valence-electron chi connectivity index (χ0n) is 11.8. The molecule has 2 atom stereocenters. The largest absolute Gasteiger partial charge is 0.365 e. The fourth-order valence-corrected chi connectivity index (χ4v) is 3.11. The van der Waals surface area contributed by atoms with Gasteiger partial charge in [-0.15, -0.1) is 0 Å². The Hall–Kier alpha value is -0.610. The van der Waals surface area contributed by atoms with E-state index in [1.165, 1.54) is 6.07 Å². The maximum Gasteiger partial charge on any atom is 0.125 e. The molecule has 1 fully saturated rings. The van der Waals surface area contributed by atoms with Gasteiger partial charge in [-0.3, -0.25) is 0 Å². The van der Waals surface area contributed by atoms with Gasteiger partial charge in [0.1, 0.15) is 5.82 Å². The van der Waals surface area contributed by atoms with Crippen LogP contribution in [0.25, 0.3) is 0 Å². The van der Waals surface area contributed by atoms with Crippen molar-refractivity contribution < 1.29 is 4.39 Å². The Bertz CT molecular complexity index is 436. The number of hydrogen-bond acceptors (Lipinski definition) is 2. The summed E-state index contributed by atoms with van der Waals surface area (Å²) in [6.07, 6.45) is 1.06. The van der Waals surface area contributed by atoms with E-state index in [4.69, 9.17) is 0 Å². The minimum atomic E-state index is -0.173. The van der Waals surface area contributed by atoms with Crippen molar-refractivity contribution in [3.8, 4) is 0 Å². The van der Waals surface area contributed by atoms with Gasteiger partial charge in [-0.2, -0.15) is 0 Å². The van der Waals surface area contributed by atoms with Gasteiger partial charge in [-0.1, -0.05) is 20.8 Å². The van der Waals surface area contributed by atoms with Crippen LogP contribution in [0.5, 0.6) is 0 Å². The van der Waals surface area contributed by atoms with Crippen LogP contribution in [0.3, 0.4) is 0 Å². The van der Waals surface area contributed by atoms with Gasteiger partial charge in [0.05, 0.1) is 5.69 Å².